The highest BCUT2D eigenvalue weighted by Gasteiger charge is 2.33. The summed E-state index contributed by atoms with van der Waals surface area (Å²) >= 11 is 0. The number of rotatable bonds is 4. The van der Waals surface area contributed by atoms with Gasteiger partial charge in [-0.1, -0.05) is 36.4 Å². The van der Waals surface area contributed by atoms with Crippen molar-refractivity contribution in [1.29, 1.82) is 0 Å². The molecule has 2 N–H and O–H groups in total. The van der Waals surface area contributed by atoms with Crippen LogP contribution in [0.1, 0.15) is 24.8 Å². The molecule has 0 atom stereocenters. The van der Waals surface area contributed by atoms with Gasteiger partial charge < -0.3 is 10.4 Å². The lowest BCUT2D eigenvalue weighted by atomic mass is 9.80. The maximum absolute atomic E-state index is 10.00. The molecule has 0 bridgehead atoms. The summed E-state index contributed by atoms with van der Waals surface area (Å²) in [6.07, 6.45) is 3.05. The molecule has 0 spiro atoms. The minimum absolute atomic E-state index is 0.434. The van der Waals surface area contributed by atoms with E-state index in [1.807, 2.05) is 0 Å². The number of nitrogens with one attached hydrogen (secondary N) is 1. The molecule has 1 saturated carbocycles. The second kappa shape index (κ2) is 4.71. The molecule has 18 heavy (non-hydrogen) atoms. The van der Waals surface area contributed by atoms with Crippen LogP contribution in [0.4, 0.5) is 0 Å². The van der Waals surface area contributed by atoms with Crippen molar-refractivity contribution in [3.8, 4) is 0 Å². The van der Waals surface area contributed by atoms with Crippen molar-refractivity contribution in [2.75, 3.05) is 6.54 Å². The minimum atomic E-state index is -0.434. The minimum Gasteiger partial charge on any atom is -0.389 e. The van der Waals surface area contributed by atoms with Gasteiger partial charge in [0.15, 0.2) is 0 Å². The molecule has 94 valence electrons. The topological polar surface area (TPSA) is 32.3 Å². The summed E-state index contributed by atoms with van der Waals surface area (Å²) in [4.78, 5) is 0. The third-order valence-corrected chi connectivity index (χ3v) is 3.88. The van der Waals surface area contributed by atoms with Crippen LogP contribution in [0.5, 0.6) is 0 Å². The normalized spacial score (nSPS) is 17.6. The van der Waals surface area contributed by atoms with Crippen molar-refractivity contribution in [2.45, 2.75) is 31.4 Å². The molecule has 0 aromatic heterocycles. The largest absolute Gasteiger partial charge is 0.389 e. The van der Waals surface area contributed by atoms with Crippen LogP contribution >= 0.6 is 0 Å². The lowest BCUT2D eigenvalue weighted by Gasteiger charge is -2.36. The Hall–Kier alpha value is -1.38. The zero-order valence-corrected chi connectivity index (χ0v) is 10.5. The summed E-state index contributed by atoms with van der Waals surface area (Å²) in [5.41, 5.74) is 0.841. The van der Waals surface area contributed by atoms with Gasteiger partial charge in [-0.05, 0) is 41.7 Å². The maximum atomic E-state index is 10.00. The van der Waals surface area contributed by atoms with Gasteiger partial charge in [-0.15, -0.1) is 0 Å². The van der Waals surface area contributed by atoms with E-state index in [2.05, 4.69) is 47.8 Å². The predicted molar refractivity (Wildman–Crippen MR) is 74.5 cm³/mol. The molecule has 0 amide bonds. The summed E-state index contributed by atoms with van der Waals surface area (Å²) in [7, 11) is 0. The van der Waals surface area contributed by atoms with Crippen LogP contribution in [-0.2, 0) is 6.54 Å². The smallest absolute Gasteiger partial charge is 0.0771 e. The number of hydrogen-bond acceptors (Lipinski definition) is 2. The van der Waals surface area contributed by atoms with Crippen LogP contribution in [0.15, 0.2) is 42.5 Å². The van der Waals surface area contributed by atoms with E-state index in [1.165, 1.54) is 16.3 Å². The molecule has 0 heterocycles. The Morgan fingerprint density at radius 2 is 1.83 bits per heavy atom. The van der Waals surface area contributed by atoms with Crippen molar-refractivity contribution in [1.82, 2.24) is 5.32 Å². The first kappa shape index (κ1) is 11.7. The first-order chi connectivity index (χ1) is 8.75. The second-order valence-corrected chi connectivity index (χ2v) is 5.36. The molecule has 2 aromatic rings. The molecule has 0 unspecified atom stereocenters. The van der Waals surface area contributed by atoms with Gasteiger partial charge in [0.1, 0.15) is 0 Å². The van der Waals surface area contributed by atoms with E-state index >= 15 is 0 Å². The van der Waals surface area contributed by atoms with Gasteiger partial charge in [0.25, 0.3) is 0 Å². The molecule has 1 fully saturated rings. The fraction of sp³-hybridized carbons (Fsp3) is 0.375. The molecule has 2 nitrogen and oxygen atoms in total. The van der Waals surface area contributed by atoms with E-state index in [9.17, 15) is 5.11 Å². The first-order valence-corrected chi connectivity index (χ1v) is 6.66. The third-order valence-electron chi connectivity index (χ3n) is 3.88. The molecule has 2 heteroatoms. The van der Waals surface area contributed by atoms with E-state index < -0.39 is 5.60 Å². The van der Waals surface area contributed by atoms with Crippen LogP contribution in [0.25, 0.3) is 10.8 Å². The molecule has 0 radical (unpaired) electrons. The summed E-state index contributed by atoms with van der Waals surface area (Å²) in [5, 5.41) is 15.9. The average molecular weight is 241 g/mol. The highest BCUT2D eigenvalue weighted by Crippen LogP contribution is 2.30. The molecule has 1 aliphatic carbocycles. The van der Waals surface area contributed by atoms with Gasteiger partial charge >= 0.3 is 0 Å². The molecule has 0 saturated heterocycles. The number of hydrogen-bond donors (Lipinski definition) is 2. The van der Waals surface area contributed by atoms with E-state index in [0.717, 1.165) is 25.8 Å². The van der Waals surface area contributed by atoms with Crippen LogP contribution < -0.4 is 5.32 Å². The Balaban J connectivity index is 1.64. The first-order valence-electron chi connectivity index (χ1n) is 6.66. The van der Waals surface area contributed by atoms with Gasteiger partial charge in [-0.25, -0.2) is 0 Å². The fourth-order valence-corrected chi connectivity index (χ4v) is 2.55. The number of aliphatic hydroxyl groups is 1. The predicted octanol–water partition coefficient (Wildman–Crippen LogP) is 2.84. The Labute approximate surface area is 108 Å². The molecular formula is C16H19NO. The summed E-state index contributed by atoms with van der Waals surface area (Å²) in [5.74, 6) is 0. The molecular weight excluding hydrogens is 222 g/mol. The monoisotopic (exact) mass is 241 g/mol. The Morgan fingerprint density at radius 3 is 2.56 bits per heavy atom. The third kappa shape index (κ3) is 2.40. The van der Waals surface area contributed by atoms with Crippen LogP contribution in [0, 0.1) is 0 Å². The number of fused-ring (bicyclic) bond motifs is 1. The zero-order chi connectivity index (χ0) is 12.4. The van der Waals surface area contributed by atoms with Crippen molar-refractivity contribution < 1.29 is 5.11 Å². The summed E-state index contributed by atoms with van der Waals surface area (Å²) in [6.45, 7) is 1.53. The molecule has 2 aromatic carbocycles. The van der Waals surface area contributed by atoms with Crippen LogP contribution in [0.2, 0.25) is 0 Å². The van der Waals surface area contributed by atoms with Crippen molar-refractivity contribution in [3.05, 3.63) is 48.0 Å². The summed E-state index contributed by atoms with van der Waals surface area (Å²) in [6, 6.07) is 14.9. The summed E-state index contributed by atoms with van der Waals surface area (Å²) < 4.78 is 0. The van der Waals surface area contributed by atoms with Crippen molar-refractivity contribution >= 4 is 10.8 Å². The zero-order valence-electron chi connectivity index (χ0n) is 10.5. The highest BCUT2D eigenvalue weighted by atomic mass is 16.3. The van der Waals surface area contributed by atoms with Gasteiger partial charge in [0, 0.05) is 13.1 Å². The number of benzene rings is 2. The average Bonchev–Trinajstić information content (AvgIpc) is 2.37. The van der Waals surface area contributed by atoms with E-state index in [4.69, 9.17) is 0 Å². The fourth-order valence-electron chi connectivity index (χ4n) is 2.55. The molecule has 1 aliphatic rings. The van der Waals surface area contributed by atoms with Crippen molar-refractivity contribution in [2.24, 2.45) is 0 Å². The van der Waals surface area contributed by atoms with Crippen molar-refractivity contribution in [3.63, 3.8) is 0 Å². The Bertz CT molecular complexity index is 546. The lowest BCUT2D eigenvalue weighted by molar-refractivity contribution is -0.0314. The Morgan fingerprint density at radius 1 is 1.06 bits per heavy atom. The second-order valence-electron chi connectivity index (χ2n) is 5.36. The quantitative estimate of drug-likeness (QED) is 0.862. The van der Waals surface area contributed by atoms with Gasteiger partial charge in [-0.2, -0.15) is 0 Å². The van der Waals surface area contributed by atoms with E-state index in [-0.39, 0.29) is 0 Å². The lowest BCUT2D eigenvalue weighted by Crippen LogP contribution is -2.45. The van der Waals surface area contributed by atoms with E-state index in [0.29, 0.717) is 6.54 Å². The van der Waals surface area contributed by atoms with Gasteiger partial charge in [0.05, 0.1) is 5.60 Å². The molecule has 0 aliphatic heterocycles. The standard InChI is InChI=1S/C16H19NO/c18-16(8-3-9-16)12-17-11-13-6-7-14-4-1-2-5-15(14)10-13/h1-2,4-7,10,17-18H,3,8-9,11-12H2. The van der Waals surface area contributed by atoms with Crippen LogP contribution in [0.3, 0.4) is 0 Å². The molecule has 3 rings (SSSR count). The van der Waals surface area contributed by atoms with Crippen LogP contribution in [-0.4, -0.2) is 17.3 Å². The van der Waals surface area contributed by atoms with E-state index in [1.54, 1.807) is 0 Å². The SMILES string of the molecule is OC1(CNCc2ccc3ccccc3c2)CCC1. The highest BCUT2D eigenvalue weighted by molar-refractivity contribution is 5.82. The Kier molecular flexibility index (Phi) is 3.06. The van der Waals surface area contributed by atoms with Gasteiger partial charge in [-0.3, -0.25) is 0 Å². The maximum Gasteiger partial charge on any atom is 0.0771 e. The van der Waals surface area contributed by atoms with Gasteiger partial charge in [0.2, 0.25) is 0 Å².